The molecule has 10 nitrogen and oxygen atoms in total. The third-order valence-corrected chi connectivity index (χ3v) is 6.59. The number of amides is 1. The van der Waals surface area contributed by atoms with Crippen molar-refractivity contribution < 1.29 is 19.4 Å². The number of piperazine rings is 1. The molecule has 3 heterocycles. The van der Waals surface area contributed by atoms with Gasteiger partial charge in [0.1, 0.15) is 11.5 Å². The molecule has 0 bridgehead atoms. The lowest BCUT2D eigenvalue weighted by Crippen LogP contribution is -2.49. The second-order valence-electron chi connectivity index (χ2n) is 8.80. The summed E-state index contributed by atoms with van der Waals surface area (Å²) in [6, 6.07) is 7.38. The van der Waals surface area contributed by atoms with E-state index in [0.29, 0.717) is 48.3 Å². The van der Waals surface area contributed by atoms with Crippen molar-refractivity contribution in [2.24, 2.45) is 0 Å². The molecule has 1 N–H and O–H groups in total. The number of aliphatic hydroxyl groups excluding tert-OH is 1. The molecule has 1 aromatic carbocycles. The summed E-state index contributed by atoms with van der Waals surface area (Å²) in [5.74, 6) is 2.06. The van der Waals surface area contributed by atoms with Crippen molar-refractivity contribution in [3.8, 4) is 28.7 Å². The average molecular weight is 479 g/mol. The molecule has 35 heavy (non-hydrogen) atoms. The Morgan fingerprint density at radius 2 is 1.91 bits per heavy atom. The molecular formula is C25H30N6O4. The van der Waals surface area contributed by atoms with Crippen molar-refractivity contribution in [2.45, 2.75) is 18.8 Å². The summed E-state index contributed by atoms with van der Waals surface area (Å²) >= 11 is 0. The minimum absolute atomic E-state index is 0.00702. The fourth-order valence-corrected chi connectivity index (χ4v) is 4.53. The zero-order valence-corrected chi connectivity index (χ0v) is 20.1. The standard InChI is InChI=1S/C25H30N6O4/c1-34-18-5-6-22(35-2)19(15-18)21-7-8-26-25(28-21)31-23(17-3-4-17)20(16-27-31)24(33)30-11-9-29(10-12-30)13-14-32/h5-8,15-17,32H,3-4,9-14H2,1-2H3. The Bertz CT molecular complexity index is 1200. The molecule has 1 aliphatic heterocycles. The molecule has 0 atom stereocenters. The summed E-state index contributed by atoms with van der Waals surface area (Å²) in [5.41, 5.74) is 2.96. The molecule has 1 amide bonds. The van der Waals surface area contributed by atoms with Crippen LogP contribution in [0.2, 0.25) is 0 Å². The summed E-state index contributed by atoms with van der Waals surface area (Å²) in [5, 5.41) is 13.7. The molecule has 184 valence electrons. The van der Waals surface area contributed by atoms with Gasteiger partial charge in [-0.2, -0.15) is 5.10 Å². The molecule has 0 spiro atoms. The van der Waals surface area contributed by atoms with Crippen molar-refractivity contribution in [3.63, 3.8) is 0 Å². The van der Waals surface area contributed by atoms with Crippen molar-refractivity contribution in [1.82, 2.24) is 29.5 Å². The van der Waals surface area contributed by atoms with E-state index in [1.54, 1.807) is 31.3 Å². The monoisotopic (exact) mass is 478 g/mol. The summed E-state index contributed by atoms with van der Waals surface area (Å²) in [7, 11) is 3.24. The number of carbonyl (C=O) groups is 1. The first kappa shape index (κ1) is 23.3. The number of benzene rings is 1. The van der Waals surface area contributed by atoms with E-state index >= 15 is 0 Å². The van der Waals surface area contributed by atoms with E-state index < -0.39 is 0 Å². The van der Waals surface area contributed by atoms with E-state index in [9.17, 15) is 9.90 Å². The average Bonchev–Trinajstić information content (AvgIpc) is 3.66. The third-order valence-electron chi connectivity index (χ3n) is 6.59. The second kappa shape index (κ2) is 10.0. The fraction of sp³-hybridized carbons (Fsp3) is 0.440. The van der Waals surface area contributed by atoms with Gasteiger partial charge in [-0.1, -0.05) is 0 Å². The highest BCUT2D eigenvalue weighted by Gasteiger charge is 2.35. The maximum absolute atomic E-state index is 13.4. The maximum Gasteiger partial charge on any atom is 0.257 e. The van der Waals surface area contributed by atoms with Crippen LogP contribution in [-0.4, -0.2) is 94.1 Å². The summed E-state index contributed by atoms with van der Waals surface area (Å²) < 4.78 is 12.6. The molecule has 10 heteroatoms. The SMILES string of the molecule is COc1ccc(OC)c(-c2ccnc(-n3ncc(C(=O)N4CCN(CCO)CC4)c3C3CC3)n2)c1. The Labute approximate surface area is 204 Å². The molecule has 2 aliphatic rings. The maximum atomic E-state index is 13.4. The number of hydrogen-bond acceptors (Lipinski definition) is 8. The number of hydrogen-bond donors (Lipinski definition) is 1. The van der Waals surface area contributed by atoms with Crippen LogP contribution in [0.5, 0.6) is 11.5 Å². The largest absolute Gasteiger partial charge is 0.497 e. The zero-order valence-electron chi connectivity index (χ0n) is 20.1. The summed E-state index contributed by atoms with van der Waals surface area (Å²) in [6.07, 6.45) is 5.37. The van der Waals surface area contributed by atoms with Gasteiger partial charge in [0, 0.05) is 50.4 Å². The first-order chi connectivity index (χ1) is 17.1. The smallest absolute Gasteiger partial charge is 0.257 e. The molecule has 0 radical (unpaired) electrons. The topological polar surface area (TPSA) is 106 Å². The van der Waals surface area contributed by atoms with Crippen LogP contribution in [-0.2, 0) is 0 Å². The number of carbonyl (C=O) groups excluding carboxylic acids is 1. The molecule has 0 unspecified atom stereocenters. The van der Waals surface area contributed by atoms with Gasteiger partial charge in [0.25, 0.3) is 11.9 Å². The lowest BCUT2D eigenvalue weighted by molar-refractivity contribution is 0.0614. The lowest BCUT2D eigenvalue weighted by Gasteiger charge is -2.34. The molecule has 1 aliphatic carbocycles. The third kappa shape index (κ3) is 4.71. The lowest BCUT2D eigenvalue weighted by atomic mass is 10.1. The number of ether oxygens (including phenoxy) is 2. The first-order valence-electron chi connectivity index (χ1n) is 11.9. The van der Waals surface area contributed by atoms with E-state index in [2.05, 4.69) is 15.0 Å². The molecule has 3 aromatic rings. The van der Waals surface area contributed by atoms with Crippen LogP contribution < -0.4 is 9.47 Å². The van der Waals surface area contributed by atoms with Crippen molar-refractivity contribution >= 4 is 5.91 Å². The molecule has 2 fully saturated rings. The van der Waals surface area contributed by atoms with Gasteiger partial charge in [0.15, 0.2) is 0 Å². The van der Waals surface area contributed by atoms with Crippen LogP contribution in [0.3, 0.4) is 0 Å². The summed E-state index contributed by atoms with van der Waals surface area (Å²) in [4.78, 5) is 26.7. The number of aliphatic hydroxyl groups is 1. The van der Waals surface area contributed by atoms with E-state index in [0.717, 1.165) is 37.2 Å². The highest BCUT2D eigenvalue weighted by Crippen LogP contribution is 2.42. The quantitative estimate of drug-likeness (QED) is 0.524. The number of rotatable bonds is 8. The van der Waals surface area contributed by atoms with Gasteiger partial charge in [0.05, 0.1) is 44.0 Å². The van der Waals surface area contributed by atoms with E-state index in [1.165, 1.54) is 0 Å². The van der Waals surface area contributed by atoms with Crippen molar-refractivity contribution in [2.75, 3.05) is 53.6 Å². The Morgan fingerprint density at radius 1 is 1.11 bits per heavy atom. The van der Waals surface area contributed by atoms with Gasteiger partial charge in [-0.05, 0) is 37.1 Å². The minimum atomic E-state index is -0.00702. The predicted octanol–water partition coefficient (Wildman–Crippen LogP) is 1.97. The normalized spacial score (nSPS) is 16.4. The fourth-order valence-electron chi connectivity index (χ4n) is 4.53. The van der Waals surface area contributed by atoms with Gasteiger partial charge < -0.3 is 19.5 Å². The van der Waals surface area contributed by atoms with Gasteiger partial charge in [-0.15, -0.1) is 0 Å². The summed E-state index contributed by atoms with van der Waals surface area (Å²) in [6.45, 7) is 3.55. The highest BCUT2D eigenvalue weighted by atomic mass is 16.5. The van der Waals surface area contributed by atoms with Gasteiger partial charge >= 0.3 is 0 Å². The Kier molecular flexibility index (Phi) is 6.65. The number of β-amino-alcohol motifs (C(OH)–C–C–N with tert-alkyl or cyclic N) is 1. The Morgan fingerprint density at radius 3 is 2.60 bits per heavy atom. The van der Waals surface area contributed by atoms with Crippen LogP contribution in [0.15, 0.2) is 36.7 Å². The second-order valence-corrected chi connectivity index (χ2v) is 8.80. The number of nitrogens with zero attached hydrogens (tertiary/aromatic N) is 6. The first-order valence-corrected chi connectivity index (χ1v) is 11.9. The van der Waals surface area contributed by atoms with Crippen molar-refractivity contribution in [1.29, 1.82) is 0 Å². The van der Waals surface area contributed by atoms with Gasteiger partial charge in [-0.3, -0.25) is 9.69 Å². The Hall–Kier alpha value is -3.50. The van der Waals surface area contributed by atoms with Crippen LogP contribution in [0, 0.1) is 0 Å². The molecule has 2 aromatic heterocycles. The van der Waals surface area contributed by atoms with E-state index in [-0.39, 0.29) is 18.4 Å². The van der Waals surface area contributed by atoms with Crippen LogP contribution in [0.1, 0.15) is 34.8 Å². The van der Waals surface area contributed by atoms with Gasteiger partial charge in [0.2, 0.25) is 0 Å². The zero-order chi connectivity index (χ0) is 24.4. The van der Waals surface area contributed by atoms with E-state index in [1.807, 2.05) is 29.2 Å². The number of methoxy groups -OCH3 is 2. The van der Waals surface area contributed by atoms with E-state index in [4.69, 9.17) is 14.5 Å². The molecule has 1 saturated heterocycles. The highest BCUT2D eigenvalue weighted by molar-refractivity contribution is 5.95. The molecular weight excluding hydrogens is 448 g/mol. The van der Waals surface area contributed by atoms with Crippen LogP contribution in [0.25, 0.3) is 17.2 Å². The Balaban J connectivity index is 1.46. The van der Waals surface area contributed by atoms with Crippen LogP contribution in [0.4, 0.5) is 0 Å². The molecule has 5 rings (SSSR count). The van der Waals surface area contributed by atoms with Crippen LogP contribution >= 0.6 is 0 Å². The predicted molar refractivity (Wildman–Crippen MR) is 129 cm³/mol. The minimum Gasteiger partial charge on any atom is -0.497 e. The number of aromatic nitrogens is 4. The molecule has 1 saturated carbocycles. The van der Waals surface area contributed by atoms with Crippen molar-refractivity contribution in [3.05, 3.63) is 47.9 Å². The van der Waals surface area contributed by atoms with Gasteiger partial charge in [-0.25, -0.2) is 14.6 Å².